The number of Topliss-reactive ketones (excluding diaryl/α,β-unsaturated/α-hetero) is 1. The van der Waals surface area contributed by atoms with E-state index in [4.69, 9.17) is 9.15 Å². The average Bonchev–Trinajstić information content (AvgIpc) is 3.18. The number of aliphatic hydroxyl groups excluding tert-OH is 1. The third-order valence-corrected chi connectivity index (χ3v) is 5.00. The van der Waals surface area contributed by atoms with Gasteiger partial charge in [0.05, 0.1) is 18.3 Å². The molecule has 7 heteroatoms. The van der Waals surface area contributed by atoms with Crippen LogP contribution in [0.1, 0.15) is 37.0 Å². The van der Waals surface area contributed by atoms with Gasteiger partial charge >= 0.3 is 0 Å². The summed E-state index contributed by atoms with van der Waals surface area (Å²) in [6, 6.07) is 9.56. The molecule has 1 aliphatic heterocycles. The van der Waals surface area contributed by atoms with Crippen LogP contribution in [-0.4, -0.2) is 41.0 Å². The molecule has 2 heterocycles. The standard InChI is InChI=1S/C21H22BrNO5/c1-12(2)27-11-10-23-18(16-9-4-13(3)28-16)17(20(25)21(23)26)19(24)14-5-7-15(22)8-6-14/h4-9,12,18,24H,10-11H2,1-3H3/b19-17-. The molecule has 1 saturated heterocycles. The van der Waals surface area contributed by atoms with Gasteiger partial charge in [-0.05, 0) is 45.0 Å². The van der Waals surface area contributed by atoms with Gasteiger partial charge in [0.1, 0.15) is 23.3 Å². The molecule has 1 aliphatic rings. The summed E-state index contributed by atoms with van der Waals surface area (Å²) in [4.78, 5) is 26.9. The second-order valence-electron chi connectivity index (χ2n) is 6.87. The number of hydrogen-bond donors (Lipinski definition) is 1. The molecule has 6 nitrogen and oxygen atoms in total. The topological polar surface area (TPSA) is 80.0 Å². The van der Waals surface area contributed by atoms with Crippen molar-refractivity contribution in [2.45, 2.75) is 32.9 Å². The number of nitrogens with zero attached hydrogens (tertiary/aromatic N) is 1. The lowest BCUT2D eigenvalue weighted by atomic mass is 9.99. The maximum atomic E-state index is 12.8. The van der Waals surface area contributed by atoms with E-state index in [1.165, 1.54) is 4.90 Å². The van der Waals surface area contributed by atoms with Crippen LogP contribution in [0.2, 0.25) is 0 Å². The molecule has 148 valence electrons. The first-order valence-electron chi connectivity index (χ1n) is 9.02. The number of halogens is 1. The van der Waals surface area contributed by atoms with Crippen LogP contribution < -0.4 is 0 Å². The predicted octanol–water partition coefficient (Wildman–Crippen LogP) is 4.20. The van der Waals surface area contributed by atoms with Gasteiger partial charge < -0.3 is 19.2 Å². The quantitative estimate of drug-likeness (QED) is 0.407. The second kappa shape index (κ2) is 8.32. The molecule has 1 aromatic carbocycles. The first-order chi connectivity index (χ1) is 13.3. The molecule has 0 aliphatic carbocycles. The molecule has 0 bridgehead atoms. The Labute approximate surface area is 171 Å². The van der Waals surface area contributed by atoms with Crippen molar-refractivity contribution in [3.63, 3.8) is 0 Å². The van der Waals surface area contributed by atoms with Crippen molar-refractivity contribution in [1.29, 1.82) is 0 Å². The summed E-state index contributed by atoms with van der Waals surface area (Å²) in [6.07, 6.45) is 0.00361. The second-order valence-corrected chi connectivity index (χ2v) is 7.78. The minimum atomic E-state index is -0.798. The summed E-state index contributed by atoms with van der Waals surface area (Å²) in [7, 11) is 0. The SMILES string of the molecule is Cc1ccc(C2/C(=C(/O)c3ccc(Br)cc3)C(=O)C(=O)N2CCOC(C)C)o1. The van der Waals surface area contributed by atoms with E-state index in [9.17, 15) is 14.7 Å². The smallest absolute Gasteiger partial charge is 0.295 e. The third kappa shape index (κ3) is 4.05. The summed E-state index contributed by atoms with van der Waals surface area (Å²) in [5.74, 6) is -0.547. The Kier molecular flexibility index (Phi) is 6.05. The van der Waals surface area contributed by atoms with Crippen molar-refractivity contribution in [2.24, 2.45) is 0 Å². The van der Waals surface area contributed by atoms with Crippen LogP contribution in [0.3, 0.4) is 0 Å². The van der Waals surface area contributed by atoms with Crippen molar-refractivity contribution >= 4 is 33.4 Å². The van der Waals surface area contributed by atoms with Crippen molar-refractivity contribution in [1.82, 2.24) is 4.90 Å². The normalized spacial score (nSPS) is 19.0. The zero-order valence-electron chi connectivity index (χ0n) is 15.9. The lowest BCUT2D eigenvalue weighted by Gasteiger charge is -2.23. The maximum Gasteiger partial charge on any atom is 0.295 e. The number of benzene rings is 1. The summed E-state index contributed by atoms with van der Waals surface area (Å²) in [5, 5.41) is 10.9. The Morgan fingerprint density at radius 1 is 1.21 bits per heavy atom. The lowest BCUT2D eigenvalue weighted by Crippen LogP contribution is -2.33. The highest BCUT2D eigenvalue weighted by Gasteiger charge is 2.47. The highest BCUT2D eigenvalue weighted by Crippen LogP contribution is 2.39. The highest BCUT2D eigenvalue weighted by atomic mass is 79.9. The van der Waals surface area contributed by atoms with Crippen molar-refractivity contribution in [2.75, 3.05) is 13.2 Å². The number of rotatable bonds is 6. The van der Waals surface area contributed by atoms with E-state index < -0.39 is 17.7 Å². The largest absolute Gasteiger partial charge is 0.507 e. The molecule has 0 spiro atoms. The van der Waals surface area contributed by atoms with Gasteiger partial charge in [0, 0.05) is 16.6 Å². The van der Waals surface area contributed by atoms with Gasteiger partial charge in [0.2, 0.25) is 0 Å². The van der Waals surface area contributed by atoms with Crippen molar-refractivity contribution in [3.05, 3.63) is 63.5 Å². The molecule has 1 unspecified atom stereocenters. The van der Waals surface area contributed by atoms with Crippen LogP contribution in [0.4, 0.5) is 0 Å². The van der Waals surface area contributed by atoms with E-state index in [1.54, 1.807) is 43.3 Å². The number of likely N-dealkylation sites (tertiary alicyclic amines) is 1. The number of aliphatic hydroxyl groups is 1. The first-order valence-corrected chi connectivity index (χ1v) is 9.81. The number of carbonyl (C=O) groups is 2. The molecule has 1 fully saturated rings. The van der Waals surface area contributed by atoms with Crippen LogP contribution in [0, 0.1) is 6.92 Å². The summed E-state index contributed by atoms with van der Waals surface area (Å²) in [5.41, 5.74) is 0.471. The van der Waals surface area contributed by atoms with Gasteiger partial charge in [-0.2, -0.15) is 0 Å². The number of hydrogen-bond acceptors (Lipinski definition) is 5. The monoisotopic (exact) mass is 447 g/mol. The van der Waals surface area contributed by atoms with Crippen molar-refractivity contribution < 1.29 is 23.8 Å². The van der Waals surface area contributed by atoms with Crippen LogP contribution in [0.15, 0.2) is 50.9 Å². The number of aryl methyl sites for hydroxylation is 1. The van der Waals surface area contributed by atoms with Crippen LogP contribution >= 0.6 is 15.9 Å². The summed E-state index contributed by atoms with van der Waals surface area (Å²) < 4.78 is 12.1. The molecule has 3 rings (SSSR count). The fourth-order valence-electron chi connectivity index (χ4n) is 3.16. The molecule has 1 N–H and O–H groups in total. The molecule has 1 aromatic heterocycles. The Hall–Kier alpha value is -2.38. The molecular weight excluding hydrogens is 426 g/mol. The maximum absolute atomic E-state index is 12.8. The zero-order chi connectivity index (χ0) is 20.4. The molecule has 0 saturated carbocycles. The average molecular weight is 448 g/mol. The highest BCUT2D eigenvalue weighted by molar-refractivity contribution is 9.10. The predicted molar refractivity (Wildman–Crippen MR) is 108 cm³/mol. The van der Waals surface area contributed by atoms with E-state index in [0.29, 0.717) is 17.1 Å². The van der Waals surface area contributed by atoms with Crippen LogP contribution in [-0.2, 0) is 14.3 Å². The van der Waals surface area contributed by atoms with E-state index in [1.807, 2.05) is 13.8 Å². The van der Waals surface area contributed by atoms with Crippen LogP contribution in [0.25, 0.3) is 5.76 Å². The van der Waals surface area contributed by atoms with Crippen LogP contribution in [0.5, 0.6) is 0 Å². The van der Waals surface area contributed by atoms with Gasteiger partial charge in [-0.15, -0.1) is 0 Å². The van der Waals surface area contributed by atoms with Gasteiger partial charge in [0.25, 0.3) is 11.7 Å². The van der Waals surface area contributed by atoms with E-state index >= 15 is 0 Å². The zero-order valence-corrected chi connectivity index (χ0v) is 17.5. The molecule has 28 heavy (non-hydrogen) atoms. The summed E-state index contributed by atoms with van der Waals surface area (Å²) in [6.45, 7) is 6.07. The van der Waals surface area contributed by atoms with Gasteiger partial charge in [-0.25, -0.2) is 0 Å². The Morgan fingerprint density at radius 3 is 2.46 bits per heavy atom. The van der Waals surface area contributed by atoms with E-state index in [-0.39, 0.29) is 30.6 Å². The number of ketones is 1. The molecule has 1 atom stereocenters. The van der Waals surface area contributed by atoms with Crippen molar-refractivity contribution in [3.8, 4) is 0 Å². The first kappa shape index (κ1) is 20.4. The number of carbonyl (C=O) groups excluding carboxylic acids is 2. The third-order valence-electron chi connectivity index (χ3n) is 4.47. The fraction of sp³-hybridized carbons (Fsp3) is 0.333. The van der Waals surface area contributed by atoms with Gasteiger partial charge in [0.15, 0.2) is 0 Å². The van der Waals surface area contributed by atoms with E-state index in [0.717, 1.165) is 4.47 Å². The number of furan rings is 1. The van der Waals surface area contributed by atoms with Gasteiger partial charge in [-0.1, -0.05) is 28.1 Å². The molecule has 2 aromatic rings. The minimum absolute atomic E-state index is 0.00361. The van der Waals surface area contributed by atoms with E-state index in [2.05, 4.69) is 15.9 Å². The Morgan fingerprint density at radius 2 is 1.89 bits per heavy atom. The minimum Gasteiger partial charge on any atom is -0.507 e. The Balaban J connectivity index is 2.05. The Bertz CT molecular complexity index is 913. The fourth-order valence-corrected chi connectivity index (χ4v) is 3.42. The molecular formula is C21H22BrNO5. The number of ether oxygens (including phenoxy) is 1. The number of amides is 1. The molecule has 0 radical (unpaired) electrons. The van der Waals surface area contributed by atoms with Gasteiger partial charge in [-0.3, -0.25) is 9.59 Å². The molecule has 1 amide bonds. The summed E-state index contributed by atoms with van der Waals surface area (Å²) >= 11 is 3.34. The lowest BCUT2D eigenvalue weighted by molar-refractivity contribution is -0.140.